The Bertz CT molecular complexity index is 457. The van der Waals surface area contributed by atoms with Crippen molar-refractivity contribution in [2.45, 2.75) is 12.8 Å². The van der Waals surface area contributed by atoms with Gasteiger partial charge in [-0.2, -0.15) is 0 Å². The molecule has 16 heavy (non-hydrogen) atoms. The van der Waals surface area contributed by atoms with Crippen LogP contribution < -0.4 is 0 Å². The molecule has 0 saturated heterocycles. The van der Waals surface area contributed by atoms with Crippen LogP contribution in [0.1, 0.15) is 24.0 Å². The van der Waals surface area contributed by atoms with Gasteiger partial charge in [0.05, 0.1) is 0 Å². The van der Waals surface area contributed by atoms with Crippen LogP contribution >= 0.6 is 0 Å². The summed E-state index contributed by atoms with van der Waals surface area (Å²) in [6, 6.07) is 13.3. The minimum absolute atomic E-state index is 0.00796. The fourth-order valence-electron chi connectivity index (χ4n) is 1.76. The highest BCUT2D eigenvalue weighted by atomic mass is 19.1. The van der Waals surface area contributed by atoms with Crippen LogP contribution in [0.25, 0.3) is 0 Å². The number of halogens is 2. The second kappa shape index (κ2) is 4.44. The maximum Gasteiger partial charge on any atom is 0.126 e. The van der Waals surface area contributed by atoms with Gasteiger partial charge in [-0.25, -0.2) is 8.78 Å². The van der Waals surface area contributed by atoms with E-state index in [1.54, 1.807) is 0 Å². The normalized spacial score (nSPS) is 12.4. The molecule has 0 fully saturated rings. The van der Waals surface area contributed by atoms with E-state index in [1.807, 2.05) is 37.3 Å². The fourth-order valence-corrected chi connectivity index (χ4v) is 1.76. The largest absolute Gasteiger partial charge is 0.207 e. The number of hydrogen-bond donors (Lipinski definition) is 0. The van der Waals surface area contributed by atoms with E-state index in [1.165, 1.54) is 12.1 Å². The Hall–Kier alpha value is -1.70. The van der Waals surface area contributed by atoms with E-state index in [0.29, 0.717) is 5.56 Å². The Morgan fingerprint density at radius 1 is 0.812 bits per heavy atom. The van der Waals surface area contributed by atoms with Gasteiger partial charge in [0.25, 0.3) is 0 Å². The van der Waals surface area contributed by atoms with Gasteiger partial charge in [-0.1, -0.05) is 37.3 Å². The minimum atomic E-state index is -0.530. The Morgan fingerprint density at radius 2 is 1.38 bits per heavy atom. The van der Waals surface area contributed by atoms with Crippen molar-refractivity contribution in [3.8, 4) is 0 Å². The van der Waals surface area contributed by atoms with Crippen molar-refractivity contribution in [3.05, 3.63) is 71.3 Å². The Kier molecular flexibility index (Phi) is 3.00. The summed E-state index contributed by atoms with van der Waals surface area (Å²) in [5.74, 6) is -1.07. The van der Waals surface area contributed by atoms with Crippen molar-refractivity contribution in [2.24, 2.45) is 0 Å². The maximum atomic E-state index is 13.1. The van der Waals surface area contributed by atoms with Crippen molar-refractivity contribution in [2.75, 3.05) is 0 Å². The third-order valence-corrected chi connectivity index (χ3v) is 2.68. The summed E-state index contributed by atoms with van der Waals surface area (Å²) >= 11 is 0. The summed E-state index contributed by atoms with van der Waals surface area (Å²) in [5, 5.41) is 0. The molecule has 0 amide bonds. The SMILES string of the molecule is CC(c1ccccc1)c1cc(F)cc(F)c1. The van der Waals surface area contributed by atoms with Crippen molar-refractivity contribution in [1.29, 1.82) is 0 Å². The first-order chi connectivity index (χ1) is 7.66. The average molecular weight is 218 g/mol. The second-order valence-electron chi connectivity index (χ2n) is 3.84. The molecule has 2 rings (SSSR count). The molecule has 0 aromatic heterocycles. The van der Waals surface area contributed by atoms with Crippen LogP contribution in [-0.2, 0) is 0 Å². The second-order valence-corrected chi connectivity index (χ2v) is 3.84. The van der Waals surface area contributed by atoms with Gasteiger partial charge in [0.15, 0.2) is 0 Å². The van der Waals surface area contributed by atoms with E-state index >= 15 is 0 Å². The van der Waals surface area contributed by atoms with Crippen LogP contribution in [-0.4, -0.2) is 0 Å². The van der Waals surface area contributed by atoms with Gasteiger partial charge in [0.1, 0.15) is 11.6 Å². The molecule has 0 nitrogen and oxygen atoms in total. The summed E-state index contributed by atoms with van der Waals surface area (Å²) in [7, 11) is 0. The molecule has 82 valence electrons. The first-order valence-corrected chi connectivity index (χ1v) is 5.18. The molecule has 0 bridgehead atoms. The third kappa shape index (κ3) is 2.27. The smallest absolute Gasteiger partial charge is 0.126 e. The van der Waals surface area contributed by atoms with Gasteiger partial charge in [0, 0.05) is 12.0 Å². The quantitative estimate of drug-likeness (QED) is 0.711. The predicted molar refractivity (Wildman–Crippen MR) is 60.3 cm³/mol. The van der Waals surface area contributed by atoms with Crippen molar-refractivity contribution >= 4 is 0 Å². The van der Waals surface area contributed by atoms with E-state index < -0.39 is 11.6 Å². The zero-order valence-electron chi connectivity index (χ0n) is 8.95. The predicted octanol–water partition coefficient (Wildman–Crippen LogP) is 4.12. The van der Waals surface area contributed by atoms with E-state index in [-0.39, 0.29) is 5.92 Å². The first-order valence-electron chi connectivity index (χ1n) is 5.18. The van der Waals surface area contributed by atoms with Crippen molar-refractivity contribution in [1.82, 2.24) is 0 Å². The average Bonchev–Trinajstić information content (AvgIpc) is 2.28. The Balaban J connectivity index is 2.37. The molecule has 2 heteroatoms. The molecule has 0 heterocycles. The van der Waals surface area contributed by atoms with Crippen LogP contribution in [0.15, 0.2) is 48.5 Å². The Labute approximate surface area is 93.5 Å². The number of rotatable bonds is 2. The molecule has 2 aromatic carbocycles. The number of hydrogen-bond acceptors (Lipinski definition) is 0. The zero-order chi connectivity index (χ0) is 11.5. The van der Waals surface area contributed by atoms with E-state index in [2.05, 4.69) is 0 Å². The Morgan fingerprint density at radius 3 is 1.94 bits per heavy atom. The van der Waals surface area contributed by atoms with E-state index in [4.69, 9.17) is 0 Å². The van der Waals surface area contributed by atoms with E-state index in [0.717, 1.165) is 11.6 Å². The van der Waals surface area contributed by atoms with Crippen LogP contribution in [0.5, 0.6) is 0 Å². The molecule has 0 radical (unpaired) electrons. The number of benzene rings is 2. The standard InChI is InChI=1S/C14H12F2/c1-10(11-5-3-2-4-6-11)12-7-13(15)9-14(16)8-12/h2-10H,1H3. The topological polar surface area (TPSA) is 0 Å². The first kappa shape index (κ1) is 10.8. The molecule has 0 aliphatic rings. The molecule has 0 aliphatic carbocycles. The highest BCUT2D eigenvalue weighted by Gasteiger charge is 2.10. The summed E-state index contributed by atoms with van der Waals surface area (Å²) in [4.78, 5) is 0. The van der Waals surface area contributed by atoms with Gasteiger partial charge in [-0.3, -0.25) is 0 Å². The lowest BCUT2D eigenvalue weighted by Gasteiger charge is -2.12. The van der Waals surface area contributed by atoms with Gasteiger partial charge in [0.2, 0.25) is 0 Å². The molecule has 0 N–H and O–H groups in total. The van der Waals surface area contributed by atoms with Gasteiger partial charge >= 0.3 is 0 Å². The van der Waals surface area contributed by atoms with Crippen LogP contribution in [0.3, 0.4) is 0 Å². The third-order valence-electron chi connectivity index (χ3n) is 2.68. The van der Waals surface area contributed by atoms with Gasteiger partial charge < -0.3 is 0 Å². The van der Waals surface area contributed by atoms with Gasteiger partial charge in [-0.15, -0.1) is 0 Å². The lowest BCUT2D eigenvalue weighted by molar-refractivity contribution is 0.578. The lowest BCUT2D eigenvalue weighted by atomic mass is 9.93. The monoisotopic (exact) mass is 218 g/mol. The fraction of sp³-hybridized carbons (Fsp3) is 0.143. The zero-order valence-corrected chi connectivity index (χ0v) is 8.95. The van der Waals surface area contributed by atoms with Crippen molar-refractivity contribution in [3.63, 3.8) is 0 Å². The highest BCUT2D eigenvalue weighted by molar-refractivity contribution is 5.32. The summed E-state index contributed by atoms with van der Waals surface area (Å²) in [5.41, 5.74) is 1.70. The van der Waals surface area contributed by atoms with Crippen LogP contribution in [0.2, 0.25) is 0 Å². The van der Waals surface area contributed by atoms with Crippen LogP contribution in [0.4, 0.5) is 8.78 Å². The molecule has 1 unspecified atom stereocenters. The van der Waals surface area contributed by atoms with Crippen molar-refractivity contribution < 1.29 is 8.78 Å². The van der Waals surface area contributed by atoms with E-state index in [9.17, 15) is 8.78 Å². The summed E-state index contributed by atoms with van der Waals surface area (Å²) in [6.45, 7) is 1.93. The molecule has 2 aromatic rings. The molecule has 1 atom stereocenters. The molecular formula is C14H12F2. The maximum absolute atomic E-state index is 13.1. The summed E-state index contributed by atoms with van der Waals surface area (Å²) < 4.78 is 26.1. The molecule has 0 aliphatic heterocycles. The minimum Gasteiger partial charge on any atom is -0.207 e. The highest BCUT2D eigenvalue weighted by Crippen LogP contribution is 2.24. The summed E-state index contributed by atoms with van der Waals surface area (Å²) in [6.07, 6.45) is 0. The van der Waals surface area contributed by atoms with Crippen LogP contribution in [0, 0.1) is 11.6 Å². The lowest BCUT2D eigenvalue weighted by Crippen LogP contribution is -1.97. The molecule has 0 spiro atoms. The van der Waals surface area contributed by atoms with Gasteiger partial charge in [-0.05, 0) is 23.3 Å². The molecule has 0 saturated carbocycles. The molecular weight excluding hydrogens is 206 g/mol.